The van der Waals surface area contributed by atoms with E-state index in [4.69, 9.17) is 0 Å². The van der Waals surface area contributed by atoms with Gasteiger partial charge >= 0.3 is 6.18 Å². The average molecular weight is 339 g/mol. The van der Waals surface area contributed by atoms with Crippen molar-refractivity contribution in [3.63, 3.8) is 0 Å². The first kappa shape index (κ1) is 16.3. The van der Waals surface area contributed by atoms with Crippen molar-refractivity contribution < 1.29 is 27.8 Å². The minimum absolute atomic E-state index is 0.0168. The van der Waals surface area contributed by atoms with E-state index in [1.807, 2.05) is 0 Å². The summed E-state index contributed by atoms with van der Waals surface area (Å²) < 4.78 is 52.2. The van der Waals surface area contributed by atoms with Crippen LogP contribution in [0.5, 0.6) is 0 Å². The molecule has 1 unspecified atom stereocenters. The van der Waals surface area contributed by atoms with Gasteiger partial charge < -0.3 is 15.1 Å². The van der Waals surface area contributed by atoms with Gasteiger partial charge in [-0.3, -0.25) is 0 Å². The summed E-state index contributed by atoms with van der Waals surface area (Å²) in [7, 11) is 0. The van der Waals surface area contributed by atoms with Crippen molar-refractivity contribution in [2.75, 3.05) is 4.90 Å². The number of halogens is 4. The van der Waals surface area contributed by atoms with Crippen LogP contribution in [-0.4, -0.2) is 16.4 Å². The van der Waals surface area contributed by atoms with E-state index in [0.29, 0.717) is 5.56 Å². The number of hydrogen-bond acceptors (Lipinski definition) is 3. The molecule has 0 bridgehead atoms. The fourth-order valence-corrected chi connectivity index (χ4v) is 2.64. The van der Waals surface area contributed by atoms with E-state index < -0.39 is 23.8 Å². The van der Waals surface area contributed by atoms with Crippen LogP contribution in [0.3, 0.4) is 0 Å². The van der Waals surface area contributed by atoms with Crippen molar-refractivity contribution in [2.24, 2.45) is 0 Å². The number of anilines is 1. The zero-order valence-corrected chi connectivity index (χ0v) is 12.3. The minimum Gasteiger partial charge on any atom is -0.507 e. The molecule has 3 rings (SSSR count). The number of fused-ring (bicyclic) bond motifs is 1. The number of alkyl halides is 3. The lowest BCUT2D eigenvalue weighted by Crippen LogP contribution is -2.36. The zero-order chi connectivity index (χ0) is 17.5. The molecule has 1 aliphatic heterocycles. The molecule has 3 nitrogen and oxygen atoms in total. The Morgan fingerprint density at radius 2 is 1.83 bits per heavy atom. The smallest absolute Gasteiger partial charge is 0.416 e. The molecule has 1 atom stereocenters. The Kier molecular flexibility index (Phi) is 3.96. The molecule has 0 fully saturated rings. The van der Waals surface area contributed by atoms with E-state index in [-0.39, 0.29) is 23.6 Å². The van der Waals surface area contributed by atoms with Crippen LogP contribution in [0.4, 0.5) is 23.2 Å². The van der Waals surface area contributed by atoms with Crippen molar-refractivity contribution in [2.45, 2.75) is 18.9 Å². The van der Waals surface area contributed by atoms with E-state index in [2.05, 4.69) is 0 Å². The minimum atomic E-state index is -4.55. The number of nitrogens with zero attached hydrogens (tertiary/aromatic N) is 1. The molecule has 2 N–H and O–H groups in total. The van der Waals surface area contributed by atoms with Crippen LogP contribution in [0.25, 0.3) is 5.76 Å². The molecule has 0 aliphatic carbocycles. The summed E-state index contributed by atoms with van der Waals surface area (Å²) in [5, 5.41) is 20.0. The molecule has 0 amide bonds. The maximum Gasteiger partial charge on any atom is 0.416 e. The second kappa shape index (κ2) is 5.83. The normalized spacial score (nSPS) is 17.5. The summed E-state index contributed by atoms with van der Waals surface area (Å²) in [6, 6.07) is 8.43. The quantitative estimate of drug-likeness (QED) is 0.810. The predicted molar refractivity (Wildman–Crippen MR) is 80.6 cm³/mol. The molecule has 7 heteroatoms. The van der Waals surface area contributed by atoms with Crippen molar-refractivity contribution in [3.05, 3.63) is 71.0 Å². The molecule has 0 radical (unpaired) electrons. The summed E-state index contributed by atoms with van der Waals surface area (Å²) in [5.41, 5.74) is -0.217. The number of rotatable bonds is 2. The highest BCUT2D eigenvalue weighted by Crippen LogP contribution is 2.38. The second-order valence-electron chi connectivity index (χ2n) is 5.45. The number of aliphatic hydroxyl groups excluding tert-OH is 2. The van der Waals surface area contributed by atoms with Crippen LogP contribution in [0, 0.1) is 5.82 Å². The van der Waals surface area contributed by atoms with E-state index in [1.54, 1.807) is 6.07 Å². The van der Waals surface area contributed by atoms with Gasteiger partial charge in [0.15, 0.2) is 0 Å². The number of hydrogen-bond donors (Lipinski definition) is 2. The molecule has 0 spiro atoms. The van der Waals surface area contributed by atoms with Crippen molar-refractivity contribution in [1.29, 1.82) is 0 Å². The van der Waals surface area contributed by atoms with Gasteiger partial charge in [-0.25, -0.2) is 4.39 Å². The van der Waals surface area contributed by atoms with Gasteiger partial charge in [0, 0.05) is 18.2 Å². The van der Waals surface area contributed by atoms with Gasteiger partial charge in [-0.2, -0.15) is 13.2 Å². The Hall–Kier alpha value is -2.54. The van der Waals surface area contributed by atoms with Crippen LogP contribution >= 0.6 is 0 Å². The predicted octanol–water partition coefficient (Wildman–Crippen LogP) is 4.08. The largest absolute Gasteiger partial charge is 0.507 e. The highest BCUT2D eigenvalue weighted by molar-refractivity contribution is 5.77. The van der Waals surface area contributed by atoms with Gasteiger partial charge in [0.1, 0.15) is 17.8 Å². The molecule has 0 saturated heterocycles. The first-order valence-electron chi connectivity index (χ1n) is 7.07. The molecule has 24 heavy (non-hydrogen) atoms. The molecule has 126 valence electrons. The standard InChI is InChI=1S/C17H13F4NO2/c18-12-3-1-2-10(6-12)9-22-14-7-11(17(19,20)21)4-5-13(14)15(23)8-16(22)24/h1-8,16,23-24H,9H2. The van der Waals surface area contributed by atoms with Crippen molar-refractivity contribution in [3.8, 4) is 0 Å². The van der Waals surface area contributed by atoms with E-state index in [9.17, 15) is 27.8 Å². The fraction of sp³-hybridized carbons (Fsp3) is 0.176. The lowest BCUT2D eigenvalue weighted by Gasteiger charge is -2.34. The van der Waals surface area contributed by atoms with Gasteiger partial charge in [-0.1, -0.05) is 12.1 Å². The van der Waals surface area contributed by atoms with Crippen LogP contribution < -0.4 is 4.90 Å². The lowest BCUT2D eigenvalue weighted by molar-refractivity contribution is -0.137. The third-order valence-electron chi connectivity index (χ3n) is 3.78. The molecular formula is C17H13F4NO2. The molecule has 1 aliphatic rings. The van der Waals surface area contributed by atoms with Crippen LogP contribution in [0.1, 0.15) is 16.7 Å². The van der Waals surface area contributed by atoms with Gasteiger partial charge in [-0.05, 0) is 35.9 Å². The molecule has 1 heterocycles. The molecule has 2 aromatic carbocycles. The number of aliphatic hydroxyl groups is 2. The Labute approximate surface area is 135 Å². The van der Waals surface area contributed by atoms with Crippen molar-refractivity contribution >= 4 is 11.4 Å². The fourth-order valence-electron chi connectivity index (χ4n) is 2.64. The maximum atomic E-state index is 13.3. The van der Waals surface area contributed by atoms with Crippen LogP contribution in [-0.2, 0) is 12.7 Å². The first-order valence-corrected chi connectivity index (χ1v) is 7.07. The first-order chi connectivity index (χ1) is 11.3. The topological polar surface area (TPSA) is 43.7 Å². The van der Waals surface area contributed by atoms with Crippen molar-refractivity contribution in [1.82, 2.24) is 0 Å². The van der Waals surface area contributed by atoms with Gasteiger partial charge in [-0.15, -0.1) is 0 Å². The van der Waals surface area contributed by atoms with Crippen LogP contribution in [0.2, 0.25) is 0 Å². The third-order valence-corrected chi connectivity index (χ3v) is 3.78. The summed E-state index contributed by atoms with van der Waals surface area (Å²) in [5.74, 6) is -0.789. The van der Waals surface area contributed by atoms with Gasteiger partial charge in [0.05, 0.1) is 11.3 Å². The Morgan fingerprint density at radius 3 is 2.50 bits per heavy atom. The monoisotopic (exact) mass is 339 g/mol. The Morgan fingerprint density at radius 1 is 1.08 bits per heavy atom. The second-order valence-corrected chi connectivity index (χ2v) is 5.45. The maximum absolute atomic E-state index is 13.3. The van der Waals surface area contributed by atoms with E-state index >= 15 is 0 Å². The third kappa shape index (κ3) is 3.07. The van der Waals surface area contributed by atoms with Gasteiger partial charge in [0.2, 0.25) is 0 Å². The summed E-state index contributed by atoms with van der Waals surface area (Å²) in [4.78, 5) is 1.26. The zero-order valence-electron chi connectivity index (χ0n) is 12.3. The summed E-state index contributed by atoms with van der Waals surface area (Å²) in [6.45, 7) is -0.0168. The Bertz CT molecular complexity index is 801. The van der Waals surface area contributed by atoms with Gasteiger partial charge in [0.25, 0.3) is 0 Å². The summed E-state index contributed by atoms with van der Waals surface area (Å²) in [6.07, 6.45) is -4.76. The lowest BCUT2D eigenvalue weighted by atomic mass is 10.0. The Balaban J connectivity index is 2.05. The molecular weight excluding hydrogens is 326 g/mol. The molecule has 2 aromatic rings. The highest BCUT2D eigenvalue weighted by Gasteiger charge is 2.34. The van der Waals surface area contributed by atoms with E-state index in [1.165, 1.54) is 23.1 Å². The highest BCUT2D eigenvalue weighted by atomic mass is 19.4. The SMILES string of the molecule is OC1=CC(O)N(Cc2cccc(F)c2)c2cc(C(F)(F)F)ccc21. The molecule has 0 saturated carbocycles. The summed E-state index contributed by atoms with van der Waals surface area (Å²) >= 11 is 0. The van der Waals surface area contributed by atoms with E-state index in [0.717, 1.165) is 24.3 Å². The van der Waals surface area contributed by atoms with Crippen LogP contribution in [0.15, 0.2) is 48.5 Å². The molecule has 0 aromatic heterocycles. The number of benzene rings is 2. The average Bonchev–Trinajstić information content (AvgIpc) is 2.50.